The molecule has 2 N–H and O–H groups in total. The quantitative estimate of drug-likeness (QED) is 0.487. The van der Waals surface area contributed by atoms with E-state index in [9.17, 15) is 5.11 Å². The van der Waals surface area contributed by atoms with Gasteiger partial charge in [0.1, 0.15) is 11.7 Å². The molecule has 0 aromatic carbocycles. The van der Waals surface area contributed by atoms with Crippen LogP contribution in [-0.4, -0.2) is 21.9 Å². The fourth-order valence-corrected chi connectivity index (χ4v) is 0.713. The molecular weight excluding hydrogens is 116 g/mol. The minimum Gasteiger partial charge on any atom is -0.386 e. The van der Waals surface area contributed by atoms with Crippen LogP contribution in [0.5, 0.6) is 0 Å². The summed E-state index contributed by atoms with van der Waals surface area (Å²) in [7, 11) is 0. The molecule has 0 bridgehead atoms. The van der Waals surface area contributed by atoms with Crippen molar-refractivity contribution < 1.29 is 10.2 Å². The van der Waals surface area contributed by atoms with Gasteiger partial charge in [-0.05, 0) is 6.92 Å². The molecule has 9 heavy (non-hydrogen) atoms. The third-order valence-electron chi connectivity index (χ3n) is 1.44. The van der Waals surface area contributed by atoms with E-state index in [1.165, 1.54) is 0 Å². The van der Waals surface area contributed by atoms with E-state index in [0.717, 1.165) is 0 Å². The summed E-state index contributed by atoms with van der Waals surface area (Å²) in [5.74, 6) is 0. The van der Waals surface area contributed by atoms with E-state index in [2.05, 4.69) is 0 Å². The minimum absolute atomic E-state index is 0.762. The van der Waals surface area contributed by atoms with Crippen LogP contribution in [0.25, 0.3) is 0 Å². The number of aliphatic hydroxyl groups is 2. The Hall–Kier alpha value is -0.600. The highest BCUT2D eigenvalue weighted by atomic mass is 16.3. The first kappa shape index (κ1) is 6.52. The van der Waals surface area contributed by atoms with Gasteiger partial charge in [-0.25, -0.2) is 0 Å². The van der Waals surface area contributed by atoms with Gasteiger partial charge in [0.2, 0.25) is 0 Å². The van der Waals surface area contributed by atoms with Crippen LogP contribution < -0.4 is 0 Å². The van der Waals surface area contributed by atoms with Gasteiger partial charge >= 0.3 is 0 Å². The fraction of sp³-hybridized carbons (Fsp3) is 0.429. The van der Waals surface area contributed by atoms with Crippen LogP contribution in [0.3, 0.4) is 0 Å². The summed E-state index contributed by atoms with van der Waals surface area (Å²) in [5, 5.41) is 18.3. The molecular formula is C7H10O2. The van der Waals surface area contributed by atoms with Crippen molar-refractivity contribution in [3.63, 3.8) is 0 Å². The number of hydrogen-bond acceptors (Lipinski definition) is 2. The molecule has 0 aromatic heterocycles. The first-order valence-corrected chi connectivity index (χ1v) is 2.89. The summed E-state index contributed by atoms with van der Waals surface area (Å²) >= 11 is 0. The average Bonchev–Trinajstić information content (AvgIpc) is 1.77. The Labute approximate surface area is 54.1 Å². The average molecular weight is 126 g/mol. The molecule has 0 aromatic rings. The van der Waals surface area contributed by atoms with Crippen LogP contribution >= 0.6 is 0 Å². The predicted molar refractivity (Wildman–Crippen MR) is 34.9 cm³/mol. The van der Waals surface area contributed by atoms with E-state index in [1.807, 2.05) is 0 Å². The minimum atomic E-state index is -1.07. The highest BCUT2D eigenvalue weighted by molar-refractivity contribution is 5.20. The van der Waals surface area contributed by atoms with Gasteiger partial charge in [-0.15, -0.1) is 0 Å². The van der Waals surface area contributed by atoms with E-state index < -0.39 is 11.7 Å². The zero-order valence-corrected chi connectivity index (χ0v) is 5.28. The molecule has 0 saturated carbocycles. The summed E-state index contributed by atoms with van der Waals surface area (Å²) in [6.07, 6.45) is 5.79. The van der Waals surface area contributed by atoms with Crippen molar-refractivity contribution in [3.05, 3.63) is 24.3 Å². The van der Waals surface area contributed by atoms with Crippen LogP contribution in [0.4, 0.5) is 0 Å². The Kier molecular flexibility index (Phi) is 1.43. The molecule has 2 nitrogen and oxygen atoms in total. The molecule has 1 rings (SSSR count). The fourth-order valence-electron chi connectivity index (χ4n) is 0.713. The van der Waals surface area contributed by atoms with E-state index in [0.29, 0.717) is 0 Å². The Bertz CT molecular complexity index is 156. The maximum atomic E-state index is 9.25. The second-order valence-corrected chi connectivity index (χ2v) is 2.41. The van der Waals surface area contributed by atoms with Crippen LogP contribution in [0.1, 0.15) is 6.92 Å². The van der Waals surface area contributed by atoms with Gasteiger partial charge in [0, 0.05) is 0 Å². The maximum absolute atomic E-state index is 9.25. The van der Waals surface area contributed by atoms with E-state index >= 15 is 0 Å². The van der Waals surface area contributed by atoms with Gasteiger partial charge in [0.05, 0.1) is 0 Å². The van der Waals surface area contributed by atoms with Crippen LogP contribution in [-0.2, 0) is 0 Å². The summed E-state index contributed by atoms with van der Waals surface area (Å²) in [5.41, 5.74) is -1.07. The normalized spacial score (nSPS) is 41.4. The predicted octanol–water partition coefficient (Wildman–Crippen LogP) is 0.224. The second-order valence-electron chi connectivity index (χ2n) is 2.41. The van der Waals surface area contributed by atoms with Gasteiger partial charge in [0.25, 0.3) is 0 Å². The lowest BCUT2D eigenvalue weighted by Gasteiger charge is -2.24. The first-order valence-electron chi connectivity index (χ1n) is 2.89. The number of rotatable bonds is 0. The molecule has 1 aliphatic rings. The Morgan fingerprint density at radius 1 is 1.44 bits per heavy atom. The first-order chi connectivity index (χ1) is 4.13. The van der Waals surface area contributed by atoms with Gasteiger partial charge in [-0.1, -0.05) is 24.3 Å². The van der Waals surface area contributed by atoms with Crippen molar-refractivity contribution in [3.8, 4) is 0 Å². The third kappa shape index (κ3) is 1.20. The van der Waals surface area contributed by atoms with Gasteiger partial charge in [-0.2, -0.15) is 0 Å². The van der Waals surface area contributed by atoms with Crippen LogP contribution in [0, 0.1) is 0 Å². The van der Waals surface area contributed by atoms with E-state index in [1.54, 1.807) is 31.2 Å². The zero-order valence-electron chi connectivity index (χ0n) is 5.28. The highest BCUT2D eigenvalue weighted by Crippen LogP contribution is 2.16. The number of aliphatic hydroxyl groups excluding tert-OH is 1. The van der Waals surface area contributed by atoms with Crippen LogP contribution in [0.2, 0.25) is 0 Å². The Morgan fingerprint density at radius 2 is 2.11 bits per heavy atom. The third-order valence-corrected chi connectivity index (χ3v) is 1.44. The van der Waals surface area contributed by atoms with E-state index in [-0.39, 0.29) is 0 Å². The van der Waals surface area contributed by atoms with Crippen molar-refractivity contribution in [2.75, 3.05) is 0 Å². The van der Waals surface area contributed by atoms with Gasteiger partial charge in [0.15, 0.2) is 0 Å². The molecule has 2 heteroatoms. The molecule has 1 aliphatic carbocycles. The monoisotopic (exact) mass is 126 g/mol. The smallest absolute Gasteiger partial charge is 0.110 e. The SMILES string of the molecule is CC1(O)C=CC=CC1O. The summed E-state index contributed by atoms with van der Waals surface area (Å²) in [4.78, 5) is 0. The molecule has 2 unspecified atom stereocenters. The molecule has 0 aliphatic heterocycles. The molecule has 0 saturated heterocycles. The number of allylic oxidation sites excluding steroid dienone is 2. The lowest BCUT2D eigenvalue weighted by atomic mass is 9.95. The Balaban J connectivity index is 2.78. The van der Waals surface area contributed by atoms with Crippen molar-refractivity contribution in [2.24, 2.45) is 0 Å². The van der Waals surface area contributed by atoms with Gasteiger partial charge < -0.3 is 10.2 Å². The molecule has 2 atom stereocenters. The van der Waals surface area contributed by atoms with Gasteiger partial charge in [-0.3, -0.25) is 0 Å². The van der Waals surface area contributed by atoms with Crippen molar-refractivity contribution in [1.29, 1.82) is 0 Å². The number of hydrogen-bond donors (Lipinski definition) is 2. The van der Waals surface area contributed by atoms with Crippen molar-refractivity contribution in [1.82, 2.24) is 0 Å². The largest absolute Gasteiger partial charge is 0.386 e. The molecule has 0 radical (unpaired) electrons. The summed E-state index contributed by atoms with van der Waals surface area (Å²) in [6.45, 7) is 1.57. The lowest BCUT2D eigenvalue weighted by Crippen LogP contribution is -2.36. The summed E-state index contributed by atoms with van der Waals surface area (Å²) in [6, 6.07) is 0. The van der Waals surface area contributed by atoms with Crippen LogP contribution in [0.15, 0.2) is 24.3 Å². The highest BCUT2D eigenvalue weighted by Gasteiger charge is 2.25. The molecule has 0 spiro atoms. The van der Waals surface area contributed by atoms with Crippen molar-refractivity contribution >= 4 is 0 Å². The topological polar surface area (TPSA) is 40.5 Å². The molecule has 0 heterocycles. The molecule has 50 valence electrons. The zero-order chi connectivity index (χ0) is 6.91. The molecule has 0 amide bonds. The lowest BCUT2D eigenvalue weighted by molar-refractivity contribution is -0.000772. The second kappa shape index (κ2) is 1.97. The molecule has 0 fully saturated rings. The van der Waals surface area contributed by atoms with Crippen molar-refractivity contribution in [2.45, 2.75) is 18.6 Å². The van der Waals surface area contributed by atoms with E-state index in [4.69, 9.17) is 5.11 Å². The standard InChI is InChI=1S/C7H10O2/c1-7(9)5-3-2-4-6(7)8/h2-6,8-9H,1H3. The maximum Gasteiger partial charge on any atom is 0.110 e. The Morgan fingerprint density at radius 3 is 2.44 bits per heavy atom. The summed E-state index contributed by atoms with van der Waals surface area (Å²) < 4.78 is 0.